The Kier molecular flexibility index (Phi) is 3.37. The second-order valence-corrected chi connectivity index (χ2v) is 5.42. The first-order chi connectivity index (χ1) is 10.1. The molecule has 1 aliphatic carbocycles. The van der Waals surface area contributed by atoms with E-state index in [-0.39, 0.29) is 6.42 Å². The van der Waals surface area contributed by atoms with Gasteiger partial charge in [0.1, 0.15) is 0 Å². The minimum atomic E-state index is -0.838. The van der Waals surface area contributed by atoms with Gasteiger partial charge in [-0.25, -0.2) is 0 Å². The van der Waals surface area contributed by atoms with Crippen LogP contribution in [0.15, 0.2) is 15.7 Å². The molecule has 3 rings (SSSR count). The molecule has 1 aromatic carbocycles. The summed E-state index contributed by atoms with van der Waals surface area (Å²) in [5.41, 5.74) is 3.09. The van der Waals surface area contributed by atoms with Crippen LogP contribution in [0.1, 0.15) is 36.0 Å². The van der Waals surface area contributed by atoms with Crippen molar-refractivity contribution in [3.8, 4) is 0 Å². The number of fused-ring (bicyclic) bond motifs is 3. The molecule has 0 fully saturated rings. The summed E-state index contributed by atoms with van der Waals surface area (Å²) in [4.78, 5) is 39.1. The van der Waals surface area contributed by atoms with Crippen molar-refractivity contribution in [2.45, 2.75) is 38.5 Å². The van der Waals surface area contributed by atoms with Crippen LogP contribution in [-0.2, 0) is 24.1 Å². The van der Waals surface area contributed by atoms with E-state index in [9.17, 15) is 14.4 Å². The Morgan fingerprint density at radius 3 is 2.48 bits per heavy atom. The highest BCUT2D eigenvalue weighted by molar-refractivity contribution is 5.81. The van der Waals surface area contributed by atoms with Gasteiger partial charge < -0.3 is 15.1 Å². The SMILES string of the molecule is O=C(O)CCc1cc2[nH]c(=O)c(=O)[nH]c2c2c1CCCC2. The maximum Gasteiger partial charge on any atom is 0.314 e. The molecule has 0 atom stereocenters. The van der Waals surface area contributed by atoms with Crippen LogP contribution >= 0.6 is 0 Å². The third kappa shape index (κ3) is 2.49. The van der Waals surface area contributed by atoms with Gasteiger partial charge in [-0.05, 0) is 54.9 Å². The first kappa shape index (κ1) is 13.6. The van der Waals surface area contributed by atoms with Gasteiger partial charge in [0.2, 0.25) is 0 Å². The van der Waals surface area contributed by atoms with Crippen LogP contribution in [0.3, 0.4) is 0 Å². The van der Waals surface area contributed by atoms with Crippen LogP contribution in [0.2, 0.25) is 0 Å². The number of benzene rings is 1. The van der Waals surface area contributed by atoms with Crippen molar-refractivity contribution >= 4 is 17.0 Å². The highest BCUT2D eigenvalue weighted by Crippen LogP contribution is 2.30. The summed E-state index contributed by atoms with van der Waals surface area (Å²) in [7, 11) is 0. The Labute approximate surface area is 119 Å². The van der Waals surface area contributed by atoms with Crippen molar-refractivity contribution in [3.05, 3.63) is 43.5 Å². The van der Waals surface area contributed by atoms with Crippen molar-refractivity contribution in [2.24, 2.45) is 0 Å². The van der Waals surface area contributed by atoms with Crippen molar-refractivity contribution in [1.29, 1.82) is 0 Å². The van der Waals surface area contributed by atoms with Gasteiger partial charge in [-0.1, -0.05) is 0 Å². The molecule has 0 amide bonds. The Morgan fingerprint density at radius 2 is 1.76 bits per heavy atom. The normalized spacial score (nSPS) is 14.1. The number of carbonyl (C=O) groups is 1. The molecular formula is C15H16N2O4. The molecule has 6 nitrogen and oxygen atoms in total. The number of rotatable bonds is 3. The molecule has 0 spiro atoms. The number of carboxylic acid groups (broad SMARTS) is 1. The minimum absolute atomic E-state index is 0.0610. The third-order valence-electron chi connectivity index (χ3n) is 4.05. The van der Waals surface area contributed by atoms with Crippen molar-refractivity contribution < 1.29 is 9.90 Å². The Morgan fingerprint density at radius 1 is 1.10 bits per heavy atom. The standard InChI is InChI=1S/C15H16N2O4/c18-12(19)6-5-8-7-11-13(17-15(21)14(20)16-11)10-4-2-1-3-9(8)10/h7H,1-6H2,(H,16,20)(H,17,21)(H,18,19). The minimum Gasteiger partial charge on any atom is -0.481 e. The molecule has 110 valence electrons. The molecule has 0 radical (unpaired) electrons. The zero-order valence-electron chi connectivity index (χ0n) is 11.5. The summed E-state index contributed by atoms with van der Waals surface area (Å²) >= 11 is 0. The number of carboxylic acids is 1. The topological polar surface area (TPSA) is 103 Å². The molecule has 0 aliphatic heterocycles. The van der Waals surface area contributed by atoms with Crippen LogP contribution < -0.4 is 11.1 Å². The fourth-order valence-corrected chi connectivity index (χ4v) is 3.09. The third-order valence-corrected chi connectivity index (χ3v) is 4.05. The maximum absolute atomic E-state index is 11.5. The number of hydrogen-bond acceptors (Lipinski definition) is 3. The fourth-order valence-electron chi connectivity index (χ4n) is 3.09. The average molecular weight is 288 g/mol. The van der Waals surface area contributed by atoms with E-state index in [4.69, 9.17) is 5.11 Å². The summed E-state index contributed by atoms with van der Waals surface area (Å²) in [5.74, 6) is -0.838. The Hall–Kier alpha value is -2.37. The number of nitrogens with one attached hydrogen (secondary N) is 2. The van der Waals surface area contributed by atoms with Gasteiger partial charge in [0.25, 0.3) is 0 Å². The summed E-state index contributed by atoms with van der Waals surface area (Å²) in [5, 5.41) is 8.87. The van der Waals surface area contributed by atoms with Gasteiger partial charge in [-0.2, -0.15) is 0 Å². The van der Waals surface area contributed by atoms with E-state index in [0.29, 0.717) is 17.5 Å². The average Bonchev–Trinajstić information content (AvgIpc) is 2.46. The molecule has 6 heteroatoms. The number of H-pyrrole nitrogens is 2. The molecular weight excluding hydrogens is 272 g/mol. The van der Waals surface area contributed by atoms with Crippen molar-refractivity contribution in [2.75, 3.05) is 0 Å². The summed E-state index contributed by atoms with van der Waals surface area (Å²) < 4.78 is 0. The largest absolute Gasteiger partial charge is 0.481 e. The molecule has 0 bridgehead atoms. The van der Waals surface area contributed by atoms with E-state index >= 15 is 0 Å². The van der Waals surface area contributed by atoms with E-state index in [1.807, 2.05) is 0 Å². The second-order valence-electron chi connectivity index (χ2n) is 5.42. The quantitative estimate of drug-likeness (QED) is 0.736. The monoisotopic (exact) mass is 288 g/mol. The number of aryl methyl sites for hydroxylation is 2. The lowest BCUT2D eigenvalue weighted by Gasteiger charge is -2.21. The summed E-state index contributed by atoms with van der Waals surface area (Å²) in [6.07, 6.45) is 4.33. The second kappa shape index (κ2) is 5.20. The Bertz CT molecular complexity index is 832. The van der Waals surface area contributed by atoms with Gasteiger partial charge in [-0.3, -0.25) is 14.4 Å². The molecule has 0 saturated heterocycles. The van der Waals surface area contributed by atoms with E-state index < -0.39 is 17.1 Å². The predicted molar refractivity (Wildman–Crippen MR) is 77.8 cm³/mol. The molecule has 0 saturated carbocycles. The summed E-state index contributed by atoms with van der Waals surface area (Å²) in [6, 6.07) is 1.81. The maximum atomic E-state index is 11.5. The zero-order chi connectivity index (χ0) is 15.0. The van der Waals surface area contributed by atoms with Gasteiger partial charge >= 0.3 is 17.1 Å². The van der Waals surface area contributed by atoms with Gasteiger partial charge in [0, 0.05) is 6.42 Å². The molecule has 2 aromatic rings. The van der Waals surface area contributed by atoms with E-state index in [1.165, 1.54) is 0 Å². The van der Waals surface area contributed by atoms with E-state index in [0.717, 1.165) is 42.4 Å². The first-order valence-electron chi connectivity index (χ1n) is 7.08. The lowest BCUT2D eigenvalue weighted by atomic mass is 9.85. The lowest BCUT2D eigenvalue weighted by molar-refractivity contribution is -0.136. The predicted octanol–water partition coefficient (Wildman–Crippen LogP) is 1.11. The highest BCUT2D eigenvalue weighted by Gasteiger charge is 2.18. The zero-order valence-corrected chi connectivity index (χ0v) is 11.5. The van der Waals surface area contributed by atoms with Gasteiger partial charge in [-0.15, -0.1) is 0 Å². The van der Waals surface area contributed by atoms with Gasteiger partial charge in [0.15, 0.2) is 0 Å². The molecule has 1 aliphatic rings. The van der Waals surface area contributed by atoms with Crippen molar-refractivity contribution in [3.63, 3.8) is 0 Å². The first-order valence-corrected chi connectivity index (χ1v) is 7.08. The lowest BCUT2D eigenvalue weighted by Crippen LogP contribution is -2.29. The molecule has 0 unspecified atom stereocenters. The fraction of sp³-hybridized carbons (Fsp3) is 0.400. The van der Waals surface area contributed by atoms with E-state index in [2.05, 4.69) is 9.97 Å². The number of aromatic nitrogens is 2. The Balaban J connectivity index is 2.23. The molecule has 3 N–H and O–H groups in total. The smallest absolute Gasteiger partial charge is 0.314 e. The van der Waals surface area contributed by atoms with Crippen LogP contribution in [0.4, 0.5) is 0 Å². The molecule has 21 heavy (non-hydrogen) atoms. The number of aromatic amines is 2. The number of hydrogen-bond donors (Lipinski definition) is 3. The van der Waals surface area contributed by atoms with Crippen molar-refractivity contribution in [1.82, 2.24) is 9.97 Å². The number of aliphatic carboxylic acids is 1. The van der Waals surface area contributed by atoms with Crippen LogP contribution in [-0.4, -0.2) is 21.0 Å². The van der Waals surface area contributed by atoms with Crippen LogP contribution in [0.5, 0.6) is 0 Å². The van der Waals surface area contributed by atoms with Gasteiger partial charge in [0.05, 0.1) is 11.0 Å². The van der Waals surface area contributed by atoms with E-state index in [1.54, 1.807) is 6.07 Å². The summed E-state index contributed by atoms with van der Waals surface area (Å²) in [6.45, 7) is 0. The molecule has 1 heterocycles. The van der Waals surface area contributed by atoms with Crippen LogP contribution in [0, 0.1) is 0 Å². The van der Waals surface area contributed by atoms with Crippen LogP contribution in [0.25, 0.3) is 11.0 Å². The molecule has 1 aromatic heterocycles. The highest BCUT2D eigenvalue weighted by atomic mass is 16.4.